The first-order valence-electron chi connectivity index (χ1n) is 5.58. The standard InChI is InChI=1S/C15H13N2/c1-16-15-10-8-13-12-6-4-3-5-11(12)7-9-14(13)17(15)2/h3-10H,1H2,2H3/q+1. The molecule has 0 atom stereocenters. The predicted octanol–water partition coefficient (Wildman–Crippen LogP) is 3.15. The summed E-state index contributed by atoms with van der Waals surface area (Å²) in [5.41, 5.74) is 1.17. The van der Waals surface area contributed by atoms with Gasteiger partial charge in [0.2, 0.25) is 0 Å². The van der Waals surface area contributed by atoms with E-state index in [-0.39, 0.29) is 0 Å². The molecule has 17 heavy (non-hydrogen) atoms. The van der Waals surface area contributed by atoms with Crippen molar-refractivity contribution in [1.82, 2.24) is 0 Å². The first-order chi connectivity index (χ1) is 8.31. The van der Waals surface area contributed by atoms with Gasteiger partial charge in [0.1, 0.15) is 12.2 Å². The summed E-state index contributed by atoms with van der Waals surface area (Å²) in [6.07, 6.45) is 0. The molecular weight excluding hydrogens is 208 g/mol. The van der Waals surface area contributed by atoms with E-state index in [1.807, 2.05) is 13.1 Å². The van der Waals surface area contributed by atoms with Crippen molar-refractivity contribution in [3.05, 3.63) is 48.5 Å². The number of pyridine rings is 1. The molecule has 0 bridgehead atoms. The fourth-order valence-electron chi connectivity index (χ4n) is 2.30. The molecule has 0 saturated heterocycles. The highest BCUT2D eigenvalue weighted by Crippen LogP contribution is 2.24. The molecular formula is C15H13N2+. The Hall–Kier alpha value is -2.22. The first kappa shape index (κ1) is 9.97. The van der Waals surface area contributed by atoms with Crippen molar-refractivity contribution in [3.63, 3.8) is 0 Å². The van der Waals surface area contributed by atoms with Crippen LogP contribution in [0, 0.1) is 0 Å². The molecule has 0 aliphatic carbocycles. The van der Waals surface area contributed by atoms with E-state index in [1.165, 1.54) is 21.7 Å². The molecule has 0 unspecified atom stereocenters. The minimum atomic E-state index is 0.882. The summed E-state index contributed by atoms with van der Waals surface area (Å²) in [7, 11) is 2.02. The Balaban J connectivity index is 2.53. The molecule has 2 heteroatoms. The molecule has 0 aliphatic rings. The van der Waals surface area contributed by atoms with Crippen LogP contribution in [0.15, 0.2) is 53.5 Å². The minimum absolute atomic E-state index is 0.882. The van der Waals surface area contributed by atoms with Gasteiger partial charge in [-0.1, -0.05) is 35.3 Å². The Morgan fingerprint density at radius 3 is 2.59 bits per heavy atom. The van der Waals surface area contributed by atoms with Gasteiger partial charge in [-0.25, -0.2) is 4.57 Å². The molecule has 0 saturated carbocycles. The summed E-state index contributed by atoms with van der Waals surface area (Å²) in [6.45, 7) is 3.59. The topological polar surface area (TPSA) is 16.2 Å². The molecule has 82 valence electrons. The van der Waals surface area contributed by atoms with E-state index in [2.05, 4.69) is 58.7 Å². The van der Waals surface area contributed by atoms with Crippen LogP contribution in [-0.4, -0.2) is 6.72 Å². The number of rotatable bonds is 1. The number of hydrogen-bond donors (Lipinski definition) is 0. The highest BCUT2D eigenvalue weighted by Gasteiger charge is 2.10. The average molecular weight is 221 g/mol. The smallest absolute Gasteiger partial charge is 0.226 e. The Kier molecular flexibility index (Phi) is 2.15. The number of fused-ring (bicyclic) bond motifs is 3. The summed E-state index contributed by atoms with van der Waals surface area (Å²) >= 11 is 0. The van der Waals surface area contributed by atoms with E-state index in [4.69, 9.17) is 0 Å². The fraction of sp³-hybridized carbons (Fsp3) is 0.0667. The van der Waals surface area contributed by atoms with Gasteiger partial charge in [-0.3, -0.25) is 0 Å². The maximum atomic E-state index is 4.01. The normalized spacial score (nSPS) is 10.9. The molecule has 3 rings (SSSR count). The molecule has 0 N–H and O–H groups in total. The quantitative estimate of drug-likeness (QED) is 0.341. The minimum Gasteiger partial charge on any atom is -0.226 e. The van der Waals surface area contributed by atoms with Gasteiger partial charge in [-0.2, -0.15) is 0 Å². The van der Waals surface area contributed by atoms with Crippen molar-refractivity contribution >= 4 is 34.2 Å². The first-order valence-corrected chi connectivity index (χ1v) is 5.58. The molecule has 2 nitrogen and oxygen atoms in total. The number of nitrogens with zero attached hydrogens (tertiary/aromatic N) is 2. The third kappa shape index (κ3) is 1.41. The molecule has 3 aromatic rings. The lowest BCUT2D eigenvalue weighted by molar-refractivity contribution is -0.631. The van der Waals surface area contributed by atoms with Gasteiger partial charge in [0, 0.05) is 11.5 Å². The number of aryl methyl sites for hydroxylation is 1. The van der Waals surface area contributed by atoms with Crippen molar-refractivity contribution in [2.45, 2.75) is 0 Å². The van der Waals surface area contributed by atoms with Gasteiger partial charge >= 0.3 is 5.82 Å². The maximum absolute atomic E-state index is 4.01. The Labute approximate surface area is 99.8 Å². The van der Waals surface area contributed by atoms with Crippen LogP contribution in [-0.2, 0) is 7.05 Å². The van der Waals surface area contributed by atoms with Crippen LogP contribution in [0.5, 0.6) is 0 Å². The van der Waals surface area contributed by atoms with E-state index in [0.717, 1.165) is 5.82 Å². The van der Waals surface area contributed by atoms with Crippen LogP contribution < -0.4 is 4.57 Å². The summed E-state index contributed by atoms with van der Waals surface area (Å²) in [5.74, 6) is 0.882. The lowest BCUT2D eigenvalue weighted by atomic mass is 10.1. The second kappa shape index (κ2) is 3.67. The molecule has 0 fully saturated rings. The maximum Gasteiger partial charge on any atom is 0.322 e. The summed E-state index contributed by atoms with van der Waals surface area (Å²) < 4.78 is 2.06. The highest BCUT2D eigenvalue weighted by molar-refractivity contribution is 6.05. The van der Waals surface area contributed by atoms with Crippen LogP contribution in [0.1, 0.15) is 0 Å². The Bertz CT molecular complexity index is 729. The Morgan fingerprint density at radius 1 is 0.941 bits per heavy atom. The van der Waals surface area contributed by atoms with Crippen LogP contribution in [0.3, 0.4) is 0 Å². The van der Waals surface area contributed by atoms with Gasteiger partial charge in [0.15, 0.2) is 0 Å². The zero-order valence-corrected chi connectivity index (χ0v) is 9.72. The number of aliphatic imine (C=N–C) groups is 1. The van der Waals surface area contributed by atoms with Crippen LogP contribution >= 0.6 is 0 Å². The van der Waals surface area contributed by atoms with Gasteiger partial charge in [0.05, 0.1) is 7.05 Å². The number of aromatic nitrogens is 1. The van der Waals surface area contributed by atoms with Crippen LogP contribution in [0.2, 0.25) is 0 Å². The van der Waals surface area contributed by atoms with Crippen molar-refractivity contribution in [1.29, 1.82) is 0 Å². The zero-order valence-electron chi connectivity index (χ0n) is 9.72. The third-order valence-electron chi connectivity index (χ3n) is 3.21. The lowest BCUT2D eigenvalue weighted by Gasteiger charge is -2.05. The van der Waals surface area contributed by atoms with Crippen molar-refractivity contribution < 1.29 is 4.57 Å². The highest BCUT2D eigenvalue weighted by atomic mass is 15.0. The van der Waals surface area contributed by atoms with E-state index in [9.17, 15) is 0 Å². The Morgan fingerprint density at radius 2 is 1.76 bits per heavy atom. The third-order valence-corrected chi connectivity index (χ3v) is 3.21. The van der Waals surface area contributed by atoms with Gasteiger partial charge < -0.3 is 0 Å². The summed E-state index contributed by atoms with van der Waals surface area (Å²) in [6, 6.07) is 16.8. The van der Waals surface area contributed by atoms with Crippen molar-refractivity contribution in [3.8, 4) is 0 Å². The molecule has 0 radical (unpaired) electrons. The molecule has 1 heterocycles. The largest absolute Gasteiger partial charge is 0.322 e. The second-order valence-corrected chi connectivity index (χ2v) is 4.13. The monoisotopic (exact) mass is 221 g/mol. The van der Waals surface area contributed by atoms with Crippen molar-refractivity contribution in [2.75, 3.05) is 0 Å². The van der Waals surface area contributed by atoms with Crippen LogP contribution in [0.4, 0.5) is 5.82 Å². The SMILES string of the molecule is C=Nc1ccc2c3ccccc3ccc2[n+]1C. The molecule has 2 aromatic carbocycles. The van der Waals surface area contributed by atoms with Gasteiger partial charge in [0.25, 0.3) is 0 Å². The van der Waals surface area contributed by atoms with E-state index in [1.54, 1.807) is 0 Å². The molecule has 1 aromatic heterocycles. The molecule has 0 aliphatic heterocycles. The van der Waals surface area contributed by atoms with Crippen molar-refractivity contribution in [2.24, 2.45) is 12.0 Å². The summed E-state index contributed by atoms with van der Waals surface area (Å²) in [4.78, 5) is 4.01. The molecule has 0 spiro atoms. The average Bonchev–Trinajstić information content (AvgIpc) is 2.39. The van der Waals surface area contributed by atoms with E-state index in [0.29, 0.717) is 0 Å². The second-order valence-electron chi connectivity index (χ2n) is 4.13. The number of hydrogen-bond acceptors (Lipinski definition) is 1. The lowest BCUT2D eigenvalue weighted by Crippen LogP contribution is -2.29. The zero-order chi connectivity index (χ0) is 11.8. The summed E-state index contributed by atoms with van der Waals surface area (Å²) in [5, 5.41) is 3.79. The number of benzene rings is 2. The molecule has 0 amide bonds. The van der Waals surface area contributed by atoms with Gasteiger partial charge in [-0.05, 0) is 22.9 Å². The van der Waals surface area contributed by atoms with Crippen LogP contribution in [0.25, 0.3) is 21.7 Å². The van der Waals surface area contributed by atoms with Gasteiger partial charge in [-0.15, -0.1) is 0 Å². The predicted molar refractivity (Wildman–Crippen MR) is 71.8 cm³/mol. The van der Waals surface area contributed by atoms with E-state index < -0.39 is 0 Å². The van der Waals surface area contributed by atoms with E-state index >= 15 is 0 Å². The fourth-order valence-corrected chi connectivity index (χ4v) is 2.30.